The minimum atomic E-state index is -0.101. The number of hydrogen-bond acceptors (Lipinski definition) is 6. The van der Waals surface area contributed by atoms with Crippen molar-refractivity contribution < 1.29 is 14.1 Å². The van der Waals surface area contributed by atoms with Crippen LogP contribution in [-0.4, -0.2) is 38.5 Å². The fraction of sp³-hybridized carbons (Fsp3) is 0.625. The molecule has 8 heteroatoms. The predicted octanol–water partition coefficient (Wildman–Crippen LogP) is 2.14. The highest BCUT2D eigenvalue weighted by Gasteiger charge is 2.17. The third-order valence-electron chi connectivity index (χ3n) is 3.90. The van der Waals surface area contributed by atoms with Crippen molar-refractivity contribution in [2.45, 2.75) is 58.1 Å². The van der Waals surface area contributed by atoms with Crippen LogP contribution in [0.15, 0.2) is 16.9 Å². The average Bonchev–Trinajstić information content (AvgIpc) is 3.27. The molecule has 24 heavy (non-hydrogen) atoms. The lowest BCUT2D eigenvalue weighted by Crippen LogP contribution is -2.15. The number of aromatic nitrogens is 4. The van der Waals surface area contributed by atoms with Gasteiger partial charge in [0.2, 0.25) is 11.8 Å². The van der Waals surface area contributed by atoms with Gasteiger partial charge in [0, 0.05) is 31.6 Å². The zero-order valence-electron chi connectivity index (χ0n) is 14.1. The Morgan fingerprint density at radius 3 is 3.08 bits per heavy atom. The smallest absolute Gasteiger partial charge is 0.227 e. The van der Waals surface area contributed by atoms with E-state index in [0.29, 0.717) is 23.8 Å². The van der Waals surface area contributed by atoms with E-state index < -0.39 is 0 Å². The number of nitrogens with one attached hydrogen (secondary N) is 1. The predicted molar refractivity (Wildman–Crippen MR) is 86.5 cm³/mol. The van der Waals surface area contributed by atoms with E-state index >= 15 is 0 Å². The summed E-state index contributed by atoms with van der Waals surface area (Å²) < 4.78 is 12.5. The van der Waals surface area contributed by atoms with Crippen LogP contribution in [-0.2, 0) is 22.5 Å². The van der Waals surface area contributed by atoms with Gasteiger partial charge >= 0.3 is 0 Å². The van der Waals surface area contributed by atoms with Gasteiger partial charge in [0.05, 0.1) is 24.5 Å². The second kappa shape index (κ2) is 7.57. The molecule has 130 valence electrons. The Labute approximate surface area is 140 Å². The molecule has 3 rings (SSSR count). The number of nitrogens with zero attached hydrogens (tertiary/aromatic N) is 4. The quantitative estimate of drug-likeness (QED) is 0.834. The zero-order chi connectivity index (χ0) is 16.9. The van der Waals surface area contributed by atoms with Crippen LogP contribution in [0.25, 0.3) is 0 Å². The maximum Gasteiger partial charge on any atom is 0.227 e. The first kappa shape index (κ1) is 16.6. The molecule has 1 aliphatic rings. The third-order valence-corrected chi connectivity index (χ3v) is 3.90. The SMILES string of the molecule is CC(C)c1noc(CCC(=O)Nc2cnn(CC3CCCO3)c2)n1. The molecule has 8 nitrogen and oxygen atoms in total. The third kappa shape index (κ3) is 4.41. The molecule has 0 bridgehead atoms. The van der Waals surface area contributed by atoms with Gasteiger partial charge in [-0.1, -0.05) is 19.0 Å². The van der Waals surface area contributed by atoms with Crippen molar-refractivity contribution in [3.8, 4) is 0 Å². The van der Waals surface area contributed by atoms with Crippen LogP contribution >= 0.6 is 0 Å². The van der Waals surface area contributed by atoms with Crippen LogP contribution in [0.2, 0.25) is 0 Å². The van der Waals surface area contributed by atoms with Crippen molar-refractivity contribution >= 4 is 11.6 Å². The van der Waals surface area contributed by atoms with E-state index in [2.05, 4.69) is 20.6 Å². The Balaban J connectivity index is 1.45. The van der Waals surface area contributed by atoms with Gasteiger partial charge < -0.3 is 14.6 Å². The fourth-order valence-electron chi connectivity index (χ4n) is 2.57. The van der Waals surface area contributed by atoms with Crippen LogP contribution in [0.1, 0.15) is 50.7 Å². The van der Waals surface area contributed by atoms with E-state index in [4.69, 9.17) is 9.26 Å². The molecular formula is C16H23N5O3. The van der Waals surface area contributed by atoms with Crippen molar-refractivity contribution in [3.63, 3.8) is 0 Å². The summed E-state index contributed by atoms with van der Waals surface area (Å²) >= 11 is 0. The maximum atomic E-state index is 12.0. The standard InChI is InChI=1S/C16H23N5O3/c1-11(2)16-19-15(24-20-16)6-5-14(22)18-12-8-17-21(9-12)10-13-4-3-7-23-13/h8-9,11,13H,3-7,10H2,1-2H3,(H,18,22). The number of ether oxygens (including phenoxy) is 1. The minimum absolute atomic E-state index is 0.101. The summed E-state index contributed by atoms with van der Waals surface area (Å²) in [6.07, 6.45) is 6.57. The molecule has 3 heterocycles. The summed E-state index contributed by atoms with van der Waals surface area (Å²) in [5, 5.41) is 11.0. The first-order valence-corrected chi connectivity index (χ1v) is 8.36. The molecule has 1 amide bonds. The Kier molecular flexibility index (Phi) is 5.24. The van der Waals surface area contributed by atoms with E-state index in [-0.39, 0.29) is 24.3 Å². The van der Waals surface area contributed by atoms with Gasteiger partial charge in [0.1, 0.15) is 0 Å². The Hall–Kier alpha value is -2.22. The van der Waals surface area contributed by atoms with Crippen LogP contribution in [0.5, 0.6) is 0 Å². The molecule has 1 N–H and O–H groups in total. The summed E-state index contributed by atoms with van der Waals surface area (Å²) in [6.45, 7) is 5.53. The van der Waals surface area contributed by atoms with Gasteiger partial charge in [-0.05, 0) is 12.8 Å². The number of amides is 1. The number of carbonyl (C=O) groups excluding carboxylic acids is 1. The monoisotopic (exact) mass is 333 g/mol. The number of aryl methyl sites for hydroxylation is 1. The van der Waals surface area contributed by atoms with Gasteiger partial charge in [-0.15, -0.1) is 0 Å². The van der Waals surface area contributed by atoms with Crippen molar-refractivity contribution in [1.82, 2.24) is 19.9 Å². The zero-order valence-corrected chi connectivity index (χ0v) is 14.1. The lowest BCUT2D eigenvalue weighted by Gasteiger charge is -2.08. The largest absolute Gasteiger partial charge is 0.376 e. The van der Waals surface area contributed by atoms with Gasteiger partial charge in [-0.2, -0.15) is 10.1 Å². The molecule has 1 fully saturated rings. The molecule has 1 unspecified atom stereocenters. The highest BCUT2D eigenvalue weighted by atomic mass is 16.5. The summed E-state index contributed by atoms with van der Waals surface area (Å²) in [7, 11) is 0. The van der Waals surface area contributed by atoms with Gasteiger partial charge in [0.25, 0.3) is 0 Å². The molecular weight excluding hydrogens is 310 g/mol. The van der Waals surface area contributed by atoms with Crippen molar-refractivity contribution in [2.24, 2.45) is 0 Å². The van der Waals surface area contributed by atoms with Crippen LogP contribution in [0.4, 0.5) is 5.69 Å². The van der Waals surface area contributed by atoms with Crippen molar-refractivity contribution in [1.29, 1.82) is 0 Å². The lowest BCUT2D eigenvalue weighted by molar-refractivity contribution is -0.116. The molecule has 2 aromatic heterocycles. The van der Waals surface area contributed by atoms with E-state index in [1.807, 2.05) is 20.0 Å². The van der Waals surface area contributed by atoms with E-state index in [1.54, 1.807) is 10.9 Å². The molecule has 1 atom stereocenters. The first-order chi connectivity index (χ1) is 11.6. The summed E-state index contributed by atoms with van der Waals surface area (Å²) in [4.78, 5) is 16.3. The van der Waals surface area contributed by atoms with Crippen LogP contribution in [0.3, 0.4) is 0 Å². The highest BCUT2D eigenvalue weighted by Crippen LogP contribution is 2.15. The Morgan fingerprint density at radius 2 is 2.38 bits per heavy atom. The van der Waals surface area contributed by atoms with Crippen molar-refractivity contribution in [3.05, 3.63) is 24.1 Å². The normalized spacial score (nSPS) is 17.5. The maximum absolute atomic E-state index is 12.0. The summed E-state index contributed by atoms with van der Waals surface area (Å²) in [5.74, 6) is 1.27. The first-order valence-electron chi connectivity index (χ1n) is 8.36. The average molecular weight is 333 g/mol. The van der Waals surface area contributed by atoms with E-state index in [9.17, 15) is 4.79 Å². The van der Waals surface area contributed by atoms with E-state index in [1.165, 1.54) is 0 Å². The molecule has 0 aliphatic carbocycles. The summed E-state index contributed by atoms with van der Waals surface area (Å²) in [6, 6.07) is 0. The Bertz CT molecular complexity index is 673. The minimum Gasteiger partial charge on any atom is -0.376 e. The number of anilines is 1. The van der Waals surface area contributed by atoms with Gasteiger partial charge in [-0.25, -0.2) is 0 Å². The molecule has 0 spiro atoms. The van der Waals surface area contributed by atoms with Gasteiger partial charge in [0.15, 0.2) is 5.82 Å². The molecule has 1 saturated heterocycles. The second-order valence-electron chi connectivity index (χ2n) is 6.34. The molecule has 0 saturated carbocycles. The Morgan fingerprint density at radius 1 is 1.50 bits per heavy atom. The van der Waals surface area contributed by atoms with Crippen LogP contribution < -0.4 is 5.32 Å². The number of hydrogen-bond donors (Lipinski definition) is 1. The van der Waals surface area contributed by atoms with Crippen LogP contribution in [0, 0.1) is 0 Å². The van der Waals surface area contributed by atoms with Gasteiger partial charge in [-0.3, -0.25) is 9.48 Å². The highest BCUT2D eigenvalue weighted by molar-refractivity contribution is 5.90. The molecule has 1 aliphatic heterocycles. The molecule has 0 aromatic carbocycles. The number of rotatable bonds is 7. The summed E-state index contributed by atoms with van der Waals surface area (Å²) in [5.41, 5.74) is 0.686. The molecule has 0 radical (unpaired) electrons. The topological polar surface area (TPSA) is 95.1 Å². The molecule has 2 aromatic rings. The lowest BCUT2D eigenvalue weighted by atomic mass is 10.2. The van der Waals surface area contributed by atoms with E-state index in [0.717, 1.165) is 26.0 Å². The fourth-order valence-corrected chi connectivity index (χ4v) is 2.57. The second-order valence-corrected chi connectivity index (χ2v) is 6.34. The number of carbonyl (C=O) groups is 1. The van der Waals surface area contributed by atoms with Crippen molar-refractivity contribution in [2.75, 3.05) is 11.9 Å².